The molecule has 0 unspecified atom stereocenters. The maximum atomic E-state index is 12.2. The van der Waals surface area contributed by atoms with E-state index in [0.29, 0.717) is 16.1 Å². The zero-order valence-corrected chi connectivity index (χ0v) is 11.9. The summed E-state index contributed by atoms with van der Waals surface area (Å²) in [7, 11) is -3.48. The van der Waals surface area contributed by atoms with Crippen molar-refractivity contribution >= 4 is 32.5 Å². The van der Waals surface area contributed by atoms with Crippen molar-refractivity contribution in [2.75, 3.05) is 0 Å². The van der Waals surface area contributed by atoms with Crippen LogP contribution in [0, 0.1) is 0 Å². The van der Waals surface area contributed by atoms with E-state index in [2.05, 4.69) is 9.97 Å². The van der Waals surface area contributed by atoms with Gasteiger partial charge in [0.1, 0.15) is 0 Å². The van der Waals surface area contributed by atoms with Crippen molar-refractivity contribution in [3.8, 4) is 0 Å². The molecule has 0 aliphatic rings. The van der Waals surface area contributed by atoms with Gasteiger partial charge >= 0.3 is 0 Å². The van der Waals surface area contributed by atoms with E-state index in [1.54, 1.807) is 39.0 Å². The van der Waals surface area contributed by atoms with Crippen molar-refractivity contribution in [3.05, 3.63) is 29.4 Å². The molecule has 1 heterocycles. The highest BCUT2D eigenvalue weighted by Crippen LogP contribution is 2.24. The number of benzene rings is 1. The Labute approximate surface area is 111 Å². The number of fused-ring (bicyclic) bond motifs is 1. The molecule has 6 heteroatoms. The van der Waals surface area contributed by atoms with Crippen LogP contribution in [0.2, 0.25) is 5.02 Å². The second-order valence-electron chi connectivity index (χ2n) is 4.96. The van der Waals surface area contributed by atoms with Crippen LogP contribution in [0.3, 0.4) is 0 Å². The zero-order chi connectivity index (χ0) is 13.6. The summed E-state index contributed by atoms with van der Waals surface area (Å²) in [4.78, 5) is 8.24. The number of aromatic nitrogens is 2. The molecule has 0 aliphatic carbocycles. The molecule has 0 bridgehead atoms. The van der Waals surface area contributed by atoms with Crippen LogP contribution in [0.4, 0.5) is 0 Å². The molecule has 0 fully saturated rings. The molecule has 1 aromatic carbocycles. The Bertz CT molecular complexity index is 706. The highest BCUT2D eigenvalue weighted by molar-refractivity contribution is 7.92. The third-order valence-corrected chi connectivity index (χ3v) is 5.16. The van der Waals surface area contributed by atoms with E-state index in [0.717, 1.165) is 0 Å². The van der Waals surface area contributed by atoms with Crippen LogP contribution in [-0.4, -0.2) is 23.1 Å². The van der Waals surface area contributed by atoms with E-state index in [1.165, 1.54) is 6.20 Å². The molecule has 2 rings (SSSR count). The third kappa shape index (κ3) is 2.20. The Balaban J connectivity index is 2.65. The van der Waals surface area contributed by atoms with Gasteiger partial charge in [-0.15, -0.1) is 0 Å². The van der Waals surface area contributed by atoms with Crippen LogP contribution in [0.15, 0.2) is 29.4 Å². The van der Waals surface area contributed by atoms with Crippen LogP contribution in [-0.2, 0) is 9.84 Å². The Morgan fingerprint density at radius 3 is 2.44 bits per heavy atom. The summed E-state index contributed by atoms with van der Waals surface area (Å²) < 4.78 is 23.6. The summed E-state index contributed by atoms with van der Waals surface area (Å²) in [6.07, 6.45) is 1.28. The normalized spacial score (nSPS) is 12.9. The van der Waals surface area contributed by atoms with Gasteiger partial charge in [-0.2, -0.15) is 0 Å². The van der Waals surface area contributed by atoms with Crippen molar-refractivity contribution in [2.24, 2.45) is 0 Å². The lowest BCUT2D eigenvalue weighted by molar-refractivity contribution is 0.556. The predicted octanol–water partition coefficient (Wildman–Crippen LogP) is 2.86. The summed E-state index contributed by atoms with van der Waals surface area (Å²) in [5, 5.41) is 0.535. The Hall–Kier alpha value is -1.20. The summed E-state index contributed by atoms with van der Waals surface area (Å²) >= 11 is 5.83. The monoisotopic (exact) mass is 284 g/mol. The summed E-state index contributed by atoms with van der Waals surface area (Å²) in [5.41, 5.74) is 1.10. The lowest BCUT2D eigenvalue weighted by Crippen LogP contribution is -2.28. The van der Waals surface area contributed by atoms with Crippen molar-refractivity contribution in [3.63, 3.8) is 0 Å². The molecule has 0 spiro atoms. The average molecular weight is 285 g/mol. The van der Waals surface area contributed by atoms with Gasteiger partial charge in [0.05, 0.1) is 22.0 Å². The van der Waals surface area contributed by atoms with Crippen LogP contribution < -0.4 is 0 Å². The molecule has 0 atom stereocenters. The molecule has 0 N–H and O–H groups in total. The number of hydrogen-bond donors (Lipinski definition) is 0. The first kappa shape index (κ1) is 13.2. The van der Waals surface area contributed by atoms with E-state index in [9.17, 15) is 8.42 Å². The number of hydrogen-bond acceptors (Lipinski definition) is 4. The fourth-order valence-electron chi connectivity index (χ4n) is 1.41. The fraction of sp³-hybridized carbons (Fsp3) is 0.333. The van der Waals surface area contributed by atoms with E-state index < -0.39 is 14.6 Å². The largest absolute Gasteiger partial charge is 0.252 e. The van der Waals surface area contributed by atoms with Gasteiger partial charge in [0, 0.05) is 5.02 Å². The lowest BCUT2D eigenvalue weighted by atomic mass is 10.3. The van der Waals surface area contributed by atoms with E-state index in [1.807, 2.05) is 0 Å². The number of halogens is 1. The van der Waals surface area contributed by atoms with Crippen LogP contribution in [0.1, 0.15) is 20.8 Å². The first-order chi connectivity index (χ1) is 8.22. The van der Waals surface area contributed by atoms with Gasteiger partial charge in [-0.1, -0.05) is 11.6 Å². The molecule has 0 aliphatic heterocycles. The molecule has 96 valence electrons. The first-order valence-electron chi connectivity index (χ1n) is 5.39. The second kappa shape index (κ2) is 4.17. The number of nitrogens with zero attached hydrogens (tertiary/aromatic N) is 2. The Morgan fingerprint density at radius 2 is 1.83 bits per heavy atom. The van der Waals surface area contributed by atoms with Crippen LogP contribution in [0.5, 0.6) is 0 Å². The average Bonchev–Trinajstić information content (AvgIpc) is 2.26. The topological polar surface area (TPSA) is 59.9 Å². The summed E-state index contributed by atoms with van der Waals surface area (Å²) in [6.45, 7) is 4.90. The highest BCUT2D eigenvalue weighted by atomic mass is 35.5. The van der Waals surface area contributed by atoms with Gasteiger partial charge in [0.15, 0.2) is 5.03 Å². The minimum atomic E-state index is -3.48. The van der Waals surface area contributed by atoms with Gasteiger partial charge in [-0.3, -0.25) is 4.98 Å². The third-order valence-electron chi connectivity index (χ3n) is 2.56. The van der Waals surface area contributed by atoms with Crippen molar-refractivity contribution in [1.82, 2.24) is 9.97 Å². The molecule has 0 saturated carbocycles. The highest BCUT2D eigenvalue weighted by Gasteiger charge is 2.32. The standard InChI is InChI=1S/C12H13ClN2O2S/c1-12(2,3)18(16,17)11-7-14-10-6-8(13)4-5-9(10)15-11/h4-7H,1-3H3. The molecule has 0 radical (unpaired) electrons. The molecule has 2 aromatic rings. The number of rotatable bonds is 1. The maximum Gasteiger partial charge on any atom is 0.202 e. The Kier molecular flexibility index (Phi) is 3.07. The predicted molar refractivity (Wildman–Crippen MR) is 71.5 cm³/mol. The minimum Gasteiger partial charge on any atom is -0.252 e. The SMILES string of the molecule is CC(C)(C)S(=O)(=O)c1cnc2cc(Cl)ccc2n1. The quantitative estimate of drug-likeness (QED) is 0.808. The van der Waals surface area contributed by atoms with Crippen LogP contribution in [0.25, 0.3) is 11.0 Å². The molecule has 18 heavy (non-hydrogen) atoms. The molecular weight excluding hydrogens is 272 g/mol. The molecular formula is C12H13ClN2O2S. The van der Waals surface area contributed by atoms with E-state index in [4.69, 9.17) is 11.6 Å². The second-order valence-corrected chi connectivity index (χ2v) is 8.04. The van der Waals surface area contributed by atoms with Crippen molar-refractivity contribution < 1.29 is 8.42 Å². The van der Waals surface area contributed by atoms with Crippen LogP contribution >= 0.6 is 11.6 Å². The van der Waals surface area contributed by atoms with Gasteiger partial charge in [0.2, 0.25) is 9.84 Å². The van der Waals surface area contributed by atoms with Gasteiger partial charge in [0.25, 0.3) is 0 Å². The van der Waals surface area contributed by atoms with E-state index >= 15 is 0 Å². The first-order valence-corrected chi connectivity index (χ1v) is 7.25. The maximum absolute atomic E-state index is 12.2. The van der Waals surface area contributed by atoms with Gasteiger partial charge in [-0.25, -0.2) is 13.4 Å². The molecule has 0 saturated heterocycles. The number of sulfone groups is 1. The minimum absolute atomic E-state index is 0.00942. The fourth-order valence-corrected chi connectivity index (χ4v) is 2.61. The summed E-state index contributed by atoms with van der Waals surface area (Å²) in [5.74, 6) is 0. The Morgan fingerprint density at radius 1 is 1.17 bits per heavy atom. The van der Waals surface area contributed by atoms with E-state index in [-0.39, 0.29) is 5.03 Å². The molecule has 4 nitrogen and oxygen atoms in total. The summed E-state index contributed by atoms with van der Waals surface area (Å²) in [6, 6.07) is 4.97. The smallest absolute Gasteiger partial charge is 0.202 e. The van der Waals surface area contributed by atoms with Crippen molar-refractivity contribution in [2.45, 2.75) is 30.5 Å². The van der Waals surface area contributed by atoms with Gasteiger partial charge < -0.3 is 0 Å². The zero-order valence-electron chi connectivity index (χ0n) is 10.3. The molecule has 1 aromatic heterocycles. The molecule has 0 amide bonds. The van der Waals surface area contributed by atoms with Gasteiger partial charge in [-0.05, 0) is 39.0 Å². The lowest BCUT2D eigenvalue weighted by Gasteiger charge is -2.18. The van der Waals surface area contributed by atoms with Crippen molar-refractivity contribution in [1.29, 1.82) is 0 Å².